The normalized spacial score (nSPS) is 25.3. The SMILES string of the molecule is CC(=O)C1CCCN(Cc2cncn2C2CC2)C1. The molecule has 1 aromatic heterocycles. The van der Waals surface area contributed by atoms with Crippen LogP contribution in [0.15, 0.2) is 12.5 Å². The van der Waals surface area contributed by atoms with E-state index in [0.717, 1.165) is 32.5 Å². The summed E-state index contributed by atoms with van der Waals surface area (Å²) in [7, 11) is 0. The Labute approximate surface area is 108 Å². The number of nitrogens with zero attached hydrogens (tertiary/aromatic N) is 3. The van der Waals surface area contributed by atoms with Gasteiger partial charge in [-0.25, -0.2) is 4.98 Å². The molecule has 3 rings (SSSR count). The van der Waals surface area contributed by atoms with Gasteiger partial charge < -0.3 is 4.57 Å². The predicted octanol–water partition coefficient (Wildman–Crippen LogP) is 2.02. The summed E-state index contributed by atoms with van der Waals surface area (Å²) in [5.74, 6) is 0.589. The average Bonchev–Trinajstić information content (AvgIpc) is 3.11. The highest BCUT2D eigenvalue weighted by Gasteiger charge is 2.27. The summed E-state index contributed by atoms with van der Waals surface area (Å²) in [5, 5.41) is 0. The second kappa shape index (κ2) is 4.84. The molecule has 1 atom stereocenters. The number of rotatable bonds is 4. The molecule has 0 radical (unpaired) electrons. The summed E-state index contributed by atoms with van der Waals surface area (Å²) in [6, 6.07) is 0.691. The van der Waals surface area contributed by atoms with Gasteiger partial charge in [0, 0.05) is 31.2 Å². The maximum Gasteiger partial charge on any atom is 0.134 e. The van der Waals surface area contributed by atoms with E-state index in [9.17, 15) is 4.79 Å². The van der Waals surface area contributed by atoms with Gasteiger partial charge in [0.05, 0.1) is 12.0 Å². The molecule has 0 bridgehead atoms. The van der Waals surface area contributed by atoms with E-state index in [1.807, 2.05) is 12.5 Å². The standard InChI is InChI=1S/C14H21N3O/c1-11(18)12-3-2-6-16(8-12)9-14-7-15-10-17(14)13-4-5-13/h7,10,12-13H,2-6,8-9H2,1H3. The van der Waals surface area contributed by atoms with Gasteiger partial charge in [0.25, 0.3) is 0 Å². The van der Waals surface area contributed by atoms with Gasteiger partial charge in [-0.3, -0.25) is 9.69 Å². The van der Waals surface area contributed by atoms with E-state index < -0.39 is 0 Å². The first-order valence-corrected chi connectivity index (χ1v) is 6.97. The Balaban J connectivity index is 1.64. The van der Waals surface area contributed by atoms with Crippen LogP contribution in [0.2, 0.25) is 0 Å². The smallest absolute Gasteiger partial charge is 0.134 e. The Morgan fingerprint density at radius 2 is 2.28 bits per heavy atom. The fourth-order valence-electron chi connectivity index (χ4n) is 2.90. The second-order valence-electron chi connectivity index (χ2n) is 5.71. The minimum absolute atomic E-state index is 0.246. The molecular formula is C14H21N3O. The molecule has 18 heavy (non-hydrogen) atoms. The fourth-order valence-corrected chi connectivity index (χ4v) is 2.90. The van der Waals surface area contributed by atoms with Crippen molar-refractivity contribution in [3.8, 4) is 0 Å². The van der Waals surface area contributed by atoms with Crippen molar-refractivity contribution < 1.29 is 4.79 Å². The van der Waals surface area contributed by atoms with Crippen LogP contribution in [-0.2, 0) is 11.3 Å². The van der Waals surface area contributed by atoms with Crippen molar-refractivity contribution >= 4 is 5.78 Å². The Morgan fingerprint density at radius 1 is 1.44 bits per heavy atom. The van der Waals surface area contributed by atoms with E-state index in [2.05, 4.69) is 14.5 Å². The first kappa shape index (κ1) is 11.9. The van der Waals surface area contributed by atoms with Crippen LogP contribution in [0.3, 0.4) is 0 Å². The summed E-state index contributed by atoms with van der Waals surface area (Å²) in [6.45, 7) is 4.70. The van der Waals surface area contributed by atoms with Gasteiger partial charge in [-0.05, 0) is 39.2 Å². The molecule has 4 heteroatoms. The summed E-state index contributed by atoms with van der Waals surface area (Å²) in [5.41, 5.74) is 1.31. The molecule has 0 amide bonds. The van der Waals surface area contributed by atoms with E-state index >= 15 is 0 Å². The zero-order chi connectivity index (χ0) is 12.5. The van der Waals surface area contributed by atoms with Gasteiger partial charge in [-0.2, -0.15) is 0 Å². The van der Waals surface area contributed by atoms with Gasteiger partial charge in [0.2, 0.25) is 0 Å². The van der Waals surface area contributed by atoms with Crippen LogP contribution in [0.25, 0.3) is 0 Å². The lowest BCUT2D eigenvalue weighted by atomic mass is 9.94. The highest BCUT2D eigenvalue weighted by atomic mass is 16.1. The van der Waals surface area contributed by atoms with Crippen LogP contribution in [-0.4, -0.2) is 33.3 Å². The summed E-state index contributed by atoms with van der Waals surface area (Å²) >= 11 is 0. The average molecular weight is 247 g/mol. The molecule has 0 aromatic carbocycles. The molecule has 1 aromatic rings. The first-order chi connectivity index (χ1) is 8.74. The fraction of sp³-hybridized carbons (Fsp3) is 0.714. The molecule has 1 aliphatic heterocycles. The minimum atomic E-state index is 0.246. The number of aromatic nitrogens is 2. The number of imidazole rings is 1. The molecule has 2 fully saturated rings. The lowest BCUT2D eigenvalue weighted by molar-refractivity contribution is -0.122. The summed E-state index contributed by atoms with van der Waals surface area (Å²) < 4.78 is 2.32. The number of hydrogen-bond donors (Lipinski definition) is 0. The zero-order valence-electron chi connectivity index (χ0n) is 11.0. The molecule has 0 N–H and O–H groups in total. The summed E-state index contributed by atoms with van der Waals surface area (Å²) in [4.78, 5) is 18.2. The molecule has 4 nitrogen and oxygen atoms in total. The molecule has 1 aliphatic carbocycles. The van der Waals surface area contributed by atoms with Crippen molar-refractivity contribution in [2.24, 2.45) is 5.92 Å². The highest BCUT2D eigenvalue weighted by molar-refractivity contribution is 5.78. The van der Waals surface area contributed by atoms with Crippen LogP contribution in [0, 0.1) is 5.92 Å². The Bertz CT molecular complexity index is 436. The number of carbonyl (C=O) groups is 1. The lowest BCUT2D eigenvalue weighted by Gasteiger charge is -2.31. The number of ketones is 1. The van der Waals surface area contributed by atoms with Crippen molar-refractivity contribution in [1.29, 1.82) is 0 Å². The predicted molar refractivity (Wildman–Crippen MR) is 69.2 cm³/mol. The third-order valence-corrected chi connectivity index (χ3v) is 4.15. The van der Waals surface area contributed by atoms with Gasteiger partial charge in [0.1, 0.15) is 5.78 Å². The summed E-state index contributed by atoms with van der Waals surface area (Å²) in [6.07, 6.45) is 8.73. The highest BCUT2D eigenvalue weighted by Crippen LogP contribution is 2.36. The van der Waals surface area contributed by atoms with Crippen LogP contribution < -0.4 is 0 Å². The van der Waals surface area contributed by atoms with Gasteiger partial charge in [0.15, 0.2) is 0 Å². The zero-order valence-corrected chi connectivity index (χ0v) is 11.0. The quantitative estimate of drug-likeness (QED) is 0.817. The number of likely N-dealkylation sites (tertiary alicyclic amines) is 1. The number of piperidine rings is 1. The molecule has 98 valence electrons. The van der Waals surface area contributed by atoms with Crippen LogP contribution >= 0.6 is 0 Å². The van der Waals surface area contributed by atoms with Crippen molar-refractivity contribution in [2.45, 2.75) is 45.2 Å². The van der Waals surface area contributed by atoms with Gasteiger partial charge in [-0.15, -0.1) is 0 Å². The van der Waals surface area contributed by atoms with Crippen molar-refractivity contribution in [3.05, 3.63) is 18.2 Å². The van der Waals surface area contributed by atoms with Crippen molar-refractivity contribution in [3.63, 3.8) is 0 Å². The molecule has 0 spiro atoms. The number of carbonyl (C=O) groups excluding carboxylic acids is 1. The van der Waals surface area contributed by atoms with Gasteiger partial charge in [-0.1, -0.05) is 0 Å². The maximum atomic E-state index is 11.5. The Morgan fingerprint density at radius 3 is 3.00 bits per heavy atom. The molecule has 2 heterocycles. The van der Waals surface area contributed by atoms with Gasteiger partial charge >= 0.3 is 0 Å². The molecular weight excluding hydrogens is 226 g/mol. The molecule has 1 unspecified atom stereocenters. The van der Waals surface area contributed by atoms with Crippen molar-refractivity contribution in [2.75, 3.05) is 13.1 Å². The Hall–Kier alpha value is -1.16. The van der Waals surface area contributed by atoms with Crippen LogP contribution in [0.4, 0.5) is 0 Å². The molecule has 1 saturated carbocycles. The maximum absolute atomic E-state index is 11.5. The van der Waals surface area contributed by atoms with E-state index in [0.29, 0.717) is 11.8 Å². The monoisotopic (exact) mass is 247 g/mol. The molecule has 2 aliphatic rings. The second-order valence-corrected chi connectivity index (χ2v) is 5.71. The van der Waals surface area contributed by atoms with E-state index in [-0.39, 0.29) is 5.92 Å². The third kappa shape index (κ3) is 2.48. The van der Waals surface area contributed by atoms with Crippen LogP contribution in [0.1, 0.15) is 44.3 Å². The van der Waals surface area contributed by atoms with E-state index in [1.165, 1.54) is 18.5 Å². The third-order valence-electron chi connectivity index (χ3n) is 4.15. The van der Waals surface area contributed by atoms with Crippen LogP contribution in [0.5, 0.6) is 0 Å². The topological polar surface area (TPSA) is 38.1 Å². The van der Waals surface area contributed by atoms with Crippen molar-refractivity contribution in [1.82, 2.24) is 14.5 Å². The minimum Gasteiger partial charge on any atom is -0.330 e. The molecule has 1 saturated heterocycles. The number of hydrogen-bond acceptors (Lipinski definition) is 3. The van der Waals surface area contributed by atoms with E-state index in [1.54, 1.807) is 6.92 Å². The lowest BCUT2D eigenvalue weighted by Crippen LogP contribution is -2.37. The first-order valence-electron chi connectivity index (χ1n) is 6.97. The Kier molecular flexibility index (Phi) is 3.20. The van der Waals surface area contributed by atoms with E-state index in [4.69, 9.17) is 0 Å². The largest absolute Gasteiger partial charge is 0.330 e. The number of Topliss-reactive ketones (excluding diaryl/α,β-unsaturated/α-hetero) is 1.